The van der Waals surface area contributed by atoms with Gasteiger partial charge in [-0.05, 0) is 77.9 Å². The van der Waals surface area contributed by atoms with Crippen LogP contribution in [-0.2, 0) is 4.79 Å². The first kappa shape index (κ1) is 23.2. The van der Waals surface area contributed by atoms with Gasteiger partial charge >= 0.3 is 5.97 Å². The van der Waals surface area contributed by atoms with Crippen LogP contribution in [0.1, 0.15) is 22.8 Å². The van der Waals surface area contributed by atoms with Crippen LogP contribution >= 0.6 is 15.9 Å². The Balaban J connectivity index is 1.32. The van der Waals surface area contributed by atoms with E-state index < -0.39 is 12.1 Å². The lowest BCUT2D eigenvalue weighted by Crippen LogP contribution is -2.33. The first-order chi connectivity index (χ1) is 16.5. The molecule has 170 valence electrons. The Bertz CT molecular complexity index is 1330. The number of benzene rings is 4. The summed E-state index contributed by atoms with van der Waals surface area (Å²) in [5.74, 6) is 0.198. The zero-order valence-corrected chi connectivity index (χ0v) is 19.9. The molecule has 1 N–H and O–H groups in total. The van der Waals surface area contributed by atoms with Crippen LogP contribution in [0.3, 0.4) is 0 Å². The average molecular weight is 517 g/mol. The van der Waals surface area contributed by atoms with Gasteiger partial charge in [0.15, 0.2) is 6.10 Å². The first-order valence-corrected chi connectivity index (χ1v) is 11.3. The summed E-state index contributed by atoms with van der Waals surface area (Å²) in [7, 11) is 0. The fourth-order valence-electron chi connectivity index (χ4n) is 3.22. The zero-order chi connectivity index (χ0) is 23.9. The number of ether oxygens (including phenoxy) is 2. The van der Waals surface area contributed by atoms with E-state index in [1.807, 2.05) is 48.5 Å². The second-order valence-corrected chi connectivity index (χ2v) is 8.35. The minimum atomic E-state index is -0.714. The van der Waals surface area contributed by atoms with Crippen molar-refractivity contribution in [1.29, 1.82) is 0 Å². The molecule has 1 amide bonds. The molecule has 0 aliphatic carbocycles. The van der Waals surface area contributed by atoms with E-state index in [0.717, 1.165) is 20.8 Å². The molecule has 0 unspecified atom stereocenters. The van der Waals surface area contributed by atoms with Gasteiger partial charge in [-0.2, -0.15) is 5.10 Å². The molecule has 4 aromatic rings. The van der Waals surface area contributed by atoms with Crippen LogP contribution in [-0.4, -0.2) is 24.2 Å². The van der Waals surface area contributed by atoms with Crippen LogP contribution in [0.25, 0.3) is 10.8 Å². The lowest BCUT2D eigenvalue weighted by atomic mass is 10.0. The molecule has 0 aliphatic rings. The maximum absolute atomic E-state index is 12.7. The van der Waals surface area contributed by atoms with Gasteiger partial charge < -0.3 is 9.47 Å². The monoisotopic (exact) mass is 516 g/mol. The summed E-state index contributed by atoms with van der Waals surface area (Å²) in [6, 6.07) is 27.2. The van der Waals surface area contributed by atoms with Gasteiger partial charge in [0.1, 0.15) is 11.5 Å². The SMILES string of the molecule is C[C@H](Oc1ccc(Br)cc1)C(=O)N/N=C\c1ccc(OC(=O)c2cccc3ccccc23)cc1. The Morgan fingerprint density at radius 1 is 0.882 bits per heavy atom. The molecule has 4 aromatic carbocycles. The smallest absolute Gasteiger partial charge is 0.344 e. The number of fused-ring (bicyclic) bond motifs is 1. The summed E-state index contributed by atoms with van der Waals surface area (Å²) in [6.07, 6.45) is 0.787. The van der Waals surface area contributed by atoms with Gasteiger partial charge in [0, 0.05) is 4.47 Å². The van der Waals surface area contributed by atoms with Gasteiger partial charge in [0.2, 0.25) is 0 Å². The van der Waals surface area contributed by atoms with Crippen LogP contribution < -0.4 is 14.9 Å². The van der Waals surface area contributed by atoms with Crippen LogP contribution in [0.15, 0.2) is 101 Å². The normalized spacial score (nSPS) is 11.8. The van der Waals surface area contributed by atoms with E-state index >= 15 is 0 Å². The Morgan fingerprint density at radius 3 is 2.32 bits per heavy atom. The predicted molar refractivity (Wildman–Crippen MR) is 135 cm³/mol. The highest BCUT2D eigenvalue weighted by atomic mass is 79.9. The predicted octanol–water partition coefficient (Wildman–Crippen LogP) is 5.74. The Hall–Kier alpha value is -3.97. The fourth-order valence-corrected chi connectivity index (χ4v) is 3.48. The number of nitrogens with zero attached hydrogens (tertiary/aromatic N) is 1. The summed E-state index contributed by atoms with van der Waals surface area (Å²) < 4.78 is 12.1. The third kappa shape index (κ3) is 5.88. The number of amides is 1. The summed E-state index contributed by atoms with van der Waals surface area (Å²) in [5, 5.41) is 5.79. The largest absolute Gasteiger partial charge is 0.481 e. The van der Waals surface area contributed by atoms with E-state index in [1.165, 1.54) is 6.21 Å². The van der Waals surface area contributed by atoms with Crippen molar-refractivity contribution >= 4 is 44.8 Å². The van der Waals surface area contributed by atoms with Gasteiger partial charge in [-0.25, -0.2) is 10.2 Å². The molecule has 0 aliphatic heterocycles. The minimum Gasteiger partial charge on any atom is -0.481 e. The molecule has 4 rings (SSSR count). The second-order valence-electron chi connectivity index (χ2n) is 7.43. The molecule has 0 bridgehead atoms. The number of hydrogen-bond acceptors (Lipinski definition) is 5. The van der Waals surface area contributed by atoms with Gasteiger partial charge in [-0.3, -0.25) is 4.79 Å². The molecule has 0 saturated carbocycles. The van der Waals surface area contributed by atoms with Crippen molar-refractivity contribution in [2.45, 2.75) is 13.0 Å². The van der Waals surface area contributed by atoms with Crippen LogP contribution in [0.5, 0.6) is 11.5 Å². The highest BCUT2D eigenvalue weighted by Crippen LogP contribution is 2.21. The van der Waals surface area contributed by atoms with Gasteiger partial charge in [-0.1, -0.05) is 52.3 Å². The van der Waals surface area contributed by atoms with E-state index in [9.17, 15) is 9.59 Å². The van der Waals surface area contributed by atoms with E-state index in [4.69, 9.17) is 9.47 Å². The lowest BCUT2D eigenvalue weighted by molar-refractivity contribution is -0.127. The van der Waals surface area contributed by atoms with Gasteiger partial charge in [0.25, 0.3) is 5.91 Å². The summed E-state index contributed by atoms with van der Waals surface area (Å²) in [6.45, 7) is 1.64. The van der Waals surface area contributed by atoms with E-state index in [0.29, 0.717) is 17.1 Å². The highest BCUT2D eigenvalue weighted by Gasteiger charge is 2.14. The van der Waals surface area contributed by atoms with Crippen molar-refractivity contribution in [3.05, 3.63) is 107 Å². The number of halogens is 1. The first-order valence-electron chi connectivity index (χ1n) is 10.5. The molecular weight excluding hydrogens is 496 g/mol. The quantitative estimate of drug-likeness (QED) is 0.147. The van der Waals surface area contributed by atoms with Crippen molar-refractivity contribution in [3.63, 3.8) is 0 Å². The third-order valence-corrected chi connectivity index (χ3v) is 5.51. The topological polar surface area (TPSA) is 77.0 Å². The number of hydrazone groups is 1. The van der Waals surface area contributed by atoms with Crippen molar-refractivity contribution in [2.75, 3.05) is 0 Å². The number of carbonyl (C=O) groups is 2. The van der Waals surface area contributed by atoms with E-state index in [2.05, 4.69) is 26.5 Å². The molecule has 0 fully saturated rings. The lowest BCUT2D eigenvalue weighted by Gasteiger charge is -2.12. The van der Waals surface area contributed by atoms with Crippen LogP contribution in [0, 0.1) is 0 Å². The molecule has 0 radical (unpaired) electrons. The summed E-state index contributed by atoms with van der Waals surface area (Å²) in [4.78, 5) is 24.9. The Labute approximate surface area is 205 Å². The fraction of sp³-hybridized carbons (Fsp3) is 0.0741. The molecule has 6 nitrogen and oxygen atoms in total. The van der Waals surface area contributed by atoms with Crippen molar-refractivity contribution in [1.82, 2.24) is 5.43 Å². The van der Waals surface area contributed by atoms with Crippen LogP contribution in [0.2, 0.25) is 0 Å². The standard InChI is InChI=1S/C27H21BrN2O4/c1-18(33-22-15-11-21(28)12-16-22)26(31)30-29-17-19-9-13-23(14-10-19)34-27(32)25-8-4-6-20-5-2-3-7-24(20)25/h2-18H,1H3,(H,30,31)/b29-17-/t18-/m0/s1. The molecule has 0 saturated heterocycles. The molecule has 0 spiro atoms. The second kappa shape index (κ2) is 10.8. The number of carbonyl (C=O) groups excluding carboxylic acids is 2. The minimum absolute atomic E-state index is 0.375. The maximum atomic E-state index is 12.7. The Morgan fingerprint density at radius 2 is 1.56 bits per heavy atom. The molecule has 1 atom stereocenters. The number of nitrogens with one attached hydrogen (secondary N) is 1. The van der Waals surface area contributed by atoms with Crippen molar-refractivity contribution in [3.8, 4) is 11.5 Å². The molecule has 7 heteroatoms. The molecular formula is C27H21BrN2O4. The number of hydrogen-bond donors (Lipinski definition) is 1. The van der Waals surface area contributed by atoms with E-state index in [-0.39, 0.29) is 5.91 Å². The zero-order valence-electron chi connectivity index (χ0n) is 18.3. The molecule has 34 heavy (non-hydrogen) atoms. The van der Waals surface area contributed by atoms with Gasteiger partial charge in [-0.15, -0.1) is 0 Å². The van der Waals surface area contributed by atoms with Gasteiger partial charge in [0.05, 0.1) is 11.8 Å². The van der Waals surface area contributed by atoms with Crippen molar-refractivity contribution in [2.24, 2.45) is 5.10 Å². The average Bonchev–Trinajstić information content (AvgIpc) is 2.86. The Kier molecular flexibility index (Phi) is 7.34. The maximum Gasteiger partial charge on any atom is 0.344 e. The molecule has 0 heterocycles. The number of esters is 1. The highest BCUT2D eigenvalue weighted by molar-refractivity contribution is 9.10. The third-order valence-electron chi connectivity index (χ3n) is 4.98. The van der Waals surface area contributed by atoms with Crippen molar-refractivity contribution < 1.29 is 19.1 Å². The summed E-state index contributed by atoms with van der Waals surface area (Å²) >= 11 is 3.35. The van der Waals surface area contributed by atoms with Crippen LogP contribution in [0.4, 0.5) is 0 Å². The van der Waals surface area contributed by atoms with E-state index in [1.54, 1.807) is 49.4 Å². The number of rotatable bonds is 7. The molecule has 0 aromatic heterocycles. The summed E-state index contributed by atoms with van der Waals surface area (Å²) in [5.41, 5.74) is 3.69.